The van der Waals surface area contributed by atoms with Crippen LogP contribution in [0.4, 0.5) is 11.4 Å². The fourth-order valence-electron chi connectivity index (χ4n) is 3.28. The second-order valence-electron chi connectivity index (χ2n) is 8.24. The average Bonchev–Trinajstić information content (AvgIpc) is 2.85. The summed E-state index contributed by atoms with van der Waals surface area (Å²) in [6.07, 6.45) is 3.76. The fourth-order valence-corrected chi connectivity index (χ4v) is 3.28. The maximum Gasteiger partial charge on any atom is 0.255 e. The standard InChI is InChI=1S/C25H30N2O4/c1-5-7-15-30-20-11-8-18(9-12-20)23(28)26-19-10-13-21-22(16-19)31-17-25(3,4)24(29)27(21)14-6-2/h6,8-13,16H,2,5,7,14-15,17H2,1,3-4H3,(H,26,28). The molecule has 6 nitrogen and oxygen atoms in total. The smallest absolute Gasteiger partial charge is 0.255 e. The van der Waals surface area contributed by atoms with Gasteiger partial charge in [0.15, 0.2) is 0 Å². The van der Waals surface area contributed by atoms with Crippen molar-refractivity contribution in [2.45, 2.75) is 33.6 Å². The summed E-state index contributed by atoms with van der Waals surface area (Å²) in [5, 5.41) is 2.90. The molecule has 0 saturated carbocycles. The Morgan fingerprint density at radius 2 is 2.00 bits per heavy atom. The minimum absolute atomic E-state index is 0.0239. The van der Waals surface area contributed by atoms with Gasteiger partial charge < -0.3 is 19.7 Å². The van der Waals surface area contributed by atoms with Gasteiger partial charge in [-0.3, -0.25) is 9.59 Å². The lowest BCUT2D eigenvalue weighted by atomic mass is 9.93. The van der Waals surface area contributed by atoms with E-state index in [1.54, 1.807) is 53.4 Å². The topological polar surface area (TPSA) is 67.9 Å². The first-order valence-electron chi connectivity index (χ1n) is 10.6. The highest BCUT2D eigenvalue weighted by Gasteiger charge is 2.37. The largest absolute Gasteiger partial charge is 0.494 e. The van der Waals surface area contributed by atoms with Crippen molar-refractivity contribution in [1.82, 2.24) is 0 Å². The van der Waals surface area contributed by atoms with E-state index in [9.17, 15) is 9.59 Å². The molecule has 0 spiro atoms. The molecule has 1 aliphatic heterocycles. The number of unbranched alkanes of at least 4 members (excludes halogenated alkanes) is 1. The molecule has 0 bridgehead atoms. The Bertz CT molecular complexity index is 950. The Kier molecular flexibility index (Phi) is 7.00. The molecule has 6 heteroatoms. The molecule has 2 aromatic carbocycles. The van der Waals surface area contributed by atoms with Gasteiger partial charge in [-0.15, -0.1) is 6.58 Å². The second-order valence-corrected chi connectivity index (χ2v) is 8.24. The van der Waals surface area contributed by atoms with E-state index in [2.05, 4.69) is 18.8 Å². The van der Waals surface area contributed by atoms with Crippen molar-refractivity contribution in [2.24, 2.45) is 5.41 Å². The van der Waals surface area contributed by atoms with Gasteiger partial charge in [0.1, 0.15) is 18.1 Å². The zero-order valence-corrected chi connectivity index (χ0v) is 18.4. The lowest BCUT2D eigenvalue weighted by molar-refractivity contribution is -0.127. The number of carbonyl (C=O) groups excluding carboxylic acids is 2. The van der Waals surface area contributed by atoms with Crippen molar-refractivity contribution in [3.05, 3.63) is 60.7 Å². The van der Waals surface area contributed by atoms with Gasteiger partial charge in [0.25, 0.3) is 5.91 Å². The minimum Gasteiger partial charge on any atom is -0.494 e. The highest BCUT2D eigenvalue weighted by molar-refractivity contribution is 6.05. The van der Waals surface area contributed by atoms with E-state index in [4.69, 9.17) is 9.47 Å². The first-order chi connectivity index (χ1) is 14.9. The van der Waals surface area contributed by atoms with E-state index in [0.717, 1.165) is 18.6 Å². The lowest BCUT2D eigenvalue weighted by Gasteiger charge is -2.27. The van der Waals surface area contributed by atoms with Gasteiger partial charge in [-0.05, 0) is 56.7 Å². The Morgan fingerprint density at radius 3 is 2.68 bits per heavy atom. The van der Waals surface area contributed by atoms with Gasteiger partial charge in [0, 0.05) is 23.9 Å². The molecule has 3 rings (SSSR count). The number of nitrogens with one attached hydrogen (secondary N) is 1. The Balaban J connectivity index is 1.75. The molecular formula is C25H30N2O4. The molecule has 0 aromatic heterocycles. The molecule has 1 aliphatic rings. The number of rotatable bonds is 8. The third-order valence-electron chi connectivity index (χ3n) is 5.12. The normalized spacial score (nSPS) is 14.8. The molecule has 2 aromatic rings. The van der Waals surface area contributed by atoms with Gasteiger partial charge in [0.05, 0.1) is 17.7 Å². The van der Waals surface area contributed by atoms with Crippen LogP contribution in [0.25, 0.3) is 0 Å². The summed E-state index contributed by atoms with van der Waals surface area (Å²) in [4.78, 5) is 27.2. The van der Waals surface area contributed by atoms with Crippen molar-refractivity contribution >= 4 is 23.2 Å². The maximum atomic E-state index is 12.9. The van der Waals surface area contributed by atoms with Crippen molar-refractivity contribution in [2.75, 3.05) is 30.0 Å². The summed E-state index contributed by atoms with van der Waals surface area (Å²) >= 11 is 0. The molecule has 0 aliphatic carbocycles. The summed E-state index contributed by atoms with van der Waals surface area (Å²) < 4.78 is 11.6. The minimum atomic E-state index is -0.660. The zero-order valence-electron chi connectivity index (χ0n) is 18.4. The van der Waals surface area contributed by atoms with Gasteiger partial charge >= 0.3 is 0 Å². The van der Waals surface area contributed by atoms with Gasteiger partial charge in [-0.1, -0.05) is 19.4 Å². The van der Waals surface area contributed by atoms with Crippen LogP contribution in [0.1, 0.15) is 44.0 Å². The first kappa shape index (κ1) is 22.4. The lowest BCUT2D eigenvalue weighted by Crippen LogP contribution is -2.42. The van der Waals surface area contributed by atoms with Crippen LogP contribution in [0.2, 0.25) is 0 Å². The molecular weight excluding hydrogens is 392 g/mol. The van der Waals surface area contributed by atoms with E-state index in [1.807, 2.05) is 13.8 Å². The number of benzene rings is 2. The average molecular weight is 423 g/mol. The number of anilines is 2. The van der Waals surface area contributed by atoms with E-state index in [1.165, 1.54) is 0 Å². The second kappa shape index (κ2) is 9.69. The molecule has 1 N–H and O–H groups in total. The summed E-state index contributed by atoms with van der Waals surface area (Å²) in [5.41, 5.74) is 1.13. The van der Waals surface area contributed by atoms with Crippen LogP contribution >= 0.6 is 0 Å². The Hall–Kier alpha value is -3.28. The number of fused-ring (bicyclic) bond motifs is 1. The molecule has 0 radical (unpaired) electrons. The molecule has 164 valence electrons. The van der Waals surface area contributed by atoms with Gasteiger partial charge in [-0.2, -0.15) is 0 Å². The van der Waals surface area contributed by atoms with Crippen LogP contribution in [0.5, 0.6) is 11.5 Å². The van der Waals surface area contributed by atoms with Crippen molar-refractivity contribution in [1.29, 1.82) is 0 Å². The predicted molar refractivity (Wildman–Crippen MR) is 123 cm³/mol. The highest BCUT2D eigenvalue weighted by atomic mass is 16.5. The Labute approximate surface area is 183 Å². The number of hydrogen-bond donors (Lipinski definition) is 1. The van der Waals surface area contributed by atoms with Crippen LogP contribution in [0.15, 0.2) is 55.1 Å². The SMILES string of the molecule is C=CCN1C(=O)C(C)(C)COc2cc(NC(=O)c3ccc(OCCCC)cc3)ccc21. The van der Waals surface area contributed by atoms with Crippen LogP contribution in [-0.2, 0) is 4.79 Å². The Morgan fingerprint density at radius 1 is 1.26 bits per heavy atom. The third-order valence-corrected chi connectivity index (χ3v) is 5.12. The molecule has 1 heterocycles. The number of nitrogens with zero attached hydrogens (tertiary/aromatic N) is 1. The van der Waals surface area contributed by atoms with E-state index in [0.29, 0.717) is 35.8 Å². The van der Waals surface area contributed by atoms with Gasteiger partial charge in [0.2, 0.25) is 5.91 Å². The molecule has 0 fully saturated rings. The first-order valence-corrected chi connectivity index (χ1v) is 10.6. The summed E-state index contributed by atoms with van der Waals surface area (Å²) in [5.74, 6) is 1.05. The number of ether oxygens (including phenoxy) is 2. The number of carbonyl (C=O) groups is 2. The summed E-state index contributed by atoms with van der Waals surface area (Å²) in [6.45, 7) is 10.9. The van der Waals surface area contributed by atoms with Crippen LogP contribution in [0, 0.1) is 5.41 Å². The predicted octanol–water partition coefficient (Wildman–Crippen LogP) is 5.06. The number of amides is 2. The van der Waals surface area contributed by atoms with Gasteiger partial charge in [-0.25, -0.2) is 0 Å². The zero-order chi connectivity index (χ0) is 22.4. The quantitative estimate of drug-likeness (QED) is 0.477. The third kappa shape index (κ3) is 5.26. The van der Waals surface area contributed by atoms with E-state index >= 15 is 0 Å². The van der Waals surface area contributed by atoms with E-state index in [-0.39, 0.29) is 18.4 Å². The van der Waals surface area contributed by atoms with E-state index < -0.39 is 5.41 Å². The monoisotopic (exact) mass is 422 g/mol. The summed E-state index contributed by atoms with van der Waals surface area (Å²) in [6, 6.07) is 12.4. The maximum absolute atomic E-state index is 12.9. The van der Waals surface area contributed by atoms with Crippen molar-refractivity contribution in [3.63, 3.8) is 0 Å². The van der Waals surface area contributed by atoms with Crippen LogP contribution in [-0.4, -0.2) is 31.6 Å². The highest BCUT2D eigenvalue weighted by Crippen LogP contribution is 2.38. The van der Waals surface area contributed by atoms with Crippen LogP contribution in [0.3, 0.4) is 0 Å². The van der Waals surface area contributed by atoms with Crippen molar-refractivity contribution in [3.8, 4) is 11.5 Å². The number of hydrogen-bond acceptors (Lipinski definition) is 4. The molecule has 0 saturated heterocycles. The van der Waals surface area contributed by atoms with Crippen molar-refractivity contribution < 1.29 is 19.1 Å². The van der Waals surface area contributed by atoms with Crippen LogP contribution < -0.4 is 19.7 Å². The molecule has 2 amide bonds. The molecule has 0 atom stereocenters. The fraction of sp³-hybridized carbons (Fsp3) is 0.360. The molecule has 31 heavy (non-hydrogen) atoms. The summed E-state index contributed by atoms with van der Waals surface area (Å²) in [7, 11) is 0. The molecule has 0 unspecified atom stereocenters.